The van der Waals surface area contributed by atoms with E-state index in [4.69, 9.17) is 28.4 Å². The summed E-state index contributed by atoms with van der Waals surface area (Å²) in [4.78, 5) is 27.2. The van der Waals surface area contributed by atoms with Crippen LogP contribution in [0.15, 0.2) is 52.9 Å². The number of nitrogens with one attached hydrogen (secondary N) is 1. The van der Waals surface area contributed by atoms with E-state index in [1.165, 1.54) is 21.3 Å². The Labute approximate surface area is 228 Å². The van der Waals surface area contributed by atoms with Gasteiger partial charge < -0.3 is 33.7 Å². The van der Waals surface area contributed by atoms with Crippen molar-refractivity contribution in [2.75, 3.05) is 42.2 Å². The molecule has 0 spiro atoms. The zero-order chi connectivity index (χ0) is 28.3. The van der Waals surface area contributed by atoms with E-state index < -0.39 is 11.9 Å². The molecule has 1 N–H and O–H groups in total. The van der Waals surface area contributed by atoms with Crippen molar-refractivity contribution in [2.45, 2.75) is 38.5 Å². The van der Waals surface area contributed by atoms with Crippen LogP contribution in [0.25, 0.3) is 0 Å². The Hall–Kier alpha value is -4.14. The lowest BCUT2D eigenvalue weighted by Gasteiger charge is -2.37. The molecule has 208 valence electrons. The second-order valence-electron chi connectivity index (χ2n) is 9.30. The van der Waals surface area contributed by atoms with Crippen LogP contribution in [0.3, 0.4) is 0 Å². The molecule has 0 radical (unpaired) electrons. The standard InChI is InChI=1S/C30H35NO8/c1-8-39-30(33)27-16(2)31-20-11-18(17-9-10-22(34-3)24(13-17)36-5)12-21(32)29(20)28(27)19-14-25(37-6)26(38-7)15-23(19)35-4/h9-10,13-15,18,28,31H,8,11-12H2,1-7H3/t18-,28-/m0/s1. The molecule has 0 unspecified atom stereocenters. The van der Waals surface area contributed by atoms with Crippen LogP contribution in [0.2, 0.25) is 0 Å². The molecule has 1 heterocycles. The van der Waals surface area contributed by atoms with Gasteiger partial charge in [0.2, 0.25) is 0 Å². The van der Waals surface area contributed by atoms with Crippen molar-refractivity contribution < 1.29 is 38.0 Å². The molecule has 2 aliphatic rings. The number of carbonyl (C=O) groups is 2. The monoisotopic (exact) mass is 537 g/mol. The Morgan fingerprint density at radius 2 is 1.46 bits per heavy atom. The molecule has 1 aliphatic carbocycles. The lowest BCUT2D eigenvalue weighted by Crippen LogP contribution is -2.36. The van der Waals surface area contributed by atoms with Crippen LogP contribution in [-0.4, -0.2) is 53.9 Å². The minimum atomic E-state index is -0.714. The first kappa shape index (κ1) is 27.9. The summed E-state index contributed by atoms with van der Waals surface area (Å²) in [5.74, 6) is 1.26. The average molecular weight is 538 g/mol. The van der Waals surface area contributed by atoms with E-state index in [0.29, 0.717) is 57.6 Å². The van der Waals surface area contributed by atoms with Crippen LogP contribution < -0.4 is 29.0 Å². The fraction of sp³-hybridized carbons (Fsp3) is 0.400. The molecule has 0 fully saturated rings. The average Bonchev–Trinajstić information content (AvgIpc) is 2.95. The van der Waals surface area contributed by atoms with Crippen LogP contribution in [-0.2, 0) is 14.3 Å². The first-order valence-corrected chi connectivity index (χ1v) is 12.7. The third-order valence-electron chi connectivity index (χ3n) is 7.25. The summed E-state index contributed by atoms with van der Waals surface area (Å²) in [6, 6.07) is 9.17. The molecule has 0 saturated heterocycles. The predicted octanol–water partition coefficient (Wildman–Crippen LogP) is 4.65. The summed E-state index contributed by atoms with van der Waals surface area (Å²) in [6.45, 7) is 3.77. The van der Waals surface area contributed by atoms with Crippen LogP contribution in [0.1, 0.15) is 49.7 Å². The fourth-order valence-corrected chi connectivity index (χ4v) is 5.45. The third kappa shape index (κ3) is 5.13. The Morgan fingerprint density at radius 1 is 0.846 bits per heavy atom. The number of dihydropyridines is 1. The molecule has 4 rings (SSSR count). The van der Waals surface area contributed by atoms with Gasteiger partial charge in [-0.25, -0.2) is 4.79 Å². The third-order valence-corrected chi connectivity index (χ3v) is 7.25. The Morgan fingerprint density at radius 3 is 2.08 bits per heavy atom. The van der Waals surface area contributed by atoms with Gasteiger partial charge in [0.25, 0.3) is 0 Å². The molecule has 0 saturated carbocycles. The van der Waals surface area contributed by atoms with Crippen molar-refractivity contribution in [3.05, 3.63) is 64.0 Å². The first-order chi connectivity index (χ1) is 18.8. The molecule has 0 amide bonds. The number of ether oxygens (including phenoxy) is 6. The fourth-order valence-electron chi connectivity index (χ4n) is 5.45. The van der Waals surface area contributed by atoms with Gasteiger partial charge in [0.05, 0.1) is 53.6 Å². The molecule has 2 atom stereocenters. The molecule has 1 aliphatic heterocycles. The van der Waals surface area contributed by atoms with E-state index in [-0.39, 0.29) is 24.7 Å². The smallest absolute Gasteiger partial charge is 0.336 e. The van der Waals surface area contributed by atoms with Crippen LogP contribution in [0, 0.1) is 0 Å². The maximum atomic E-state index is 14.0. The van der Waals surface area contributed by atoms with E-state index in [1.54, 1.807) is 33.3 Å². The van der Waals surface area contributed by atoms with E-state index in [2.05, 4.69) is 5.32 Å². The first-order valence-electron chi connectivity index (χ1n) is 12.7. The van der Waals surface area contributed by atoms with Crippen LogP contribution in [0.4, 0.5) is 0 Å². The summed E-state index contributed by atoms with van der Waals surface area (Å²) < 4.78 is 33.1. The molecule has 9 nitrogen and oxygen atoms in total. The van der Waals surface area contributed by atoms with E-state index in [9.17, 15) is 9.59 Å². The number of Topliss-reactive ketones (excluding diaryl/α,β-unsaturated/α-hetero) is 1. The minimum Gasteiger partial charge on any atom is -0.496 e. The number of ketones is 1. The van der Waals surface area contributed by atoms with Gasteiger partial charge in [-0.1, -0.05) is 6.07 Å². The number of hydrogen-bond donors (Lipinski definition) is 1. The lowest BCUT2D eigenvalue weighted by atomic mass is 9.71. The van der Waals surface area contributed by atoms with Crippen molar-refractivity contribution in [3.63, 3.8) is 0 Å². The highest BCUT2D eigenvalue weighted by molar-refractivity contribution is 6.04. The van der Waals surface area contributed by atoms with Gasteiger partial charge in [-0.3, -0.25) is 4.79 Å². The summed E-state index contributed by atoms with van der Waals surface area (Å²) in [7, 11) is 7.79. The highest BCUT2D eigenvalue weighted by Crippen LogP contribution is 2.50. The van der Waals surface area contributed by atoms with Crippen LogP contribution >= 0.6 is 0 Å². The lowest BCUT2D eigenvalue weighted by molar-refractivity contribution is -0.138. The Bertz CT molecular complexity index is 1340. The van der Waals surface area contributed by atoms with E-state index >= 15 is 0 Å². The van der Waals surface area contributed by atoms with Crippen molar-refractivity contribution >= 4 is 11.8 Å². The number of esters is 1. The number of allylic oxidation sites excluding steroid dienone is 3. The molecule has 39 heavy (non-hydrogen) atoms. The van der Waals surface area contributed by atoms with Gasteiger partial charge in [0.1, 0.15) is 5.75 Å². The summed E-state index contributed by atoms with van der Waals surface area (Å²) in [5.41, 5.74) is 3.84. The summed E-state index contributed by atoms with van der Waals surface area (Å²) in [5, 5.41) is 3.36. The number of benzene rings is 2. The molecule has 2 aromatic carbocycles. The molecule has 0 aromatic heterocycles. The van der Waals surface area contributed by atoms with E-state index in [1.807, 2.05) is 25.1 Å². The second kappa shape index (κ2) is 11.7. The minimum absolute atomic E-state index is 0.0697. The van der Waals surface area contributed by atoms with Crippen LogP contribution in [0.5, 0.6) is 28.7 Å². The Kier molecular flexibility index (Phi) is 8.38. The van der Waals surface area contributed by atoms with Gasteiger partial charge in [-0.05, 0) is 49.9 Å². The van der Waals surface area contributed by atoms with Crippen molar-refractivity contribution in [1.29, 1.82) is 0 Å². The van der Waals surface area contributed by atoms with Crippen molar-refractivity contribution in [2.24, 2.45) is 0 Å². The SMILES string of the molecule is CCOC(=O)C1=C(C)NC2=C(C(=O)C[C@@H](c3ccc(OC)c(OC)c3)C2)[C@H]1c1cc(OC)c(OC)cc1OC. The van der Waals surface area contributed by atoms with Gasteiger partial charge >= 0.3 is 5.97 Å². The number of rotatable bonds is 9. The number of carbonyl (C=O) groups excluding carboxylic acids is 2. The van der Waals surface area contributed by atoms with Gasteiger partial charge in [-0.2, -0.15) is 0 Å². The van der Waals surface area contributed by atoms with E-state index in [0.717, 1.165) is 11.3 Å². The molecule has 0 bridgehead atoms. The zero-order valence-corrected chi connectivity index (χ0v) is 23.4. The molecule has 9 heteroatoms. The predicted molar refractivity (Wildman–Crippen MR) is 145 cm³/mol. The molecular formula is C30H35NO8. The highest BCUT2D eigenvalue weighted by atomic mass is 16.5. The maximum absolute atomic E-state index is 14.0. The van der Waals surface area contributed by atoms with Crippen molar-refractivity contribution in [3.8, 4) is 28.7 Å². The van der Waals surface area contributed by atoms with Gasteiger partial charge in [0.15, 0.2) is 28.8 Å². The maximum Gasteiger partial charge on any atom is 0.336 e. The number of hydrogen-bond acceptors (Lipinski definition) is 9. The molecular weight excluding hydrogens is 502 g/mol. The summed E-state index contributed by atoms with van der Waals surface area (Å²) in [6.07, 6.45) is 0.827. The largest absolute Gasteiger partial charge is 0.496 e. The Balaban J connectivity index is 1.87. The number of methoxy groups -OCH3 is 5. The topological polar surface area (TPSA) is 102 Å². The summed E-state index contributed by atoms with van der Waals surface area (Å²) >= 11 is 0. The molecule has 2 aromatic rings. The van der Waals surface area contributed by atoms with Crippen molar-refractivity contribution in [1.82, 2.24) is 5.32 Å². The highest BCUT2D eigenvalue weighted by Gasteiger charge is 2.43. The van der Waals surface area contributed by atoms with Gasteiger partial charge in [-0.15, -0.1) is 0 Å². The van der Waals surface area contributed by atoms with Gasteiger partial charge in [0, 0.05) is 35.0 Å². The second-order valence-corrected chi connectivity index (χ2v) is 9.30. The zero-order valence-electron chi connectivity index (χ0n) is 23.4. The quantitative estimate of drug-likeness (QED) is 0.458. The normalized spacial score (nSPS) is 18.7.